The number of thioether (sulfide) groups is 1. The summed E-state index contributed by atoms with van der Waals surface area (Å²) in [6.07, 6.45) is -4.38. The molecular formula is C14H15F3N2O3S. The van der Waals surface area contributed by atoms with Crippen LogP contribution >= 0.6 is 11.8 Å². The molecule has 0 saturated heterocycles. The molecule has 1 aromatic rings. The van der Waals surface area contributed by atoms with Gasteiger partial charge in [-0.1, -0.05) is 12.1 Å². The van der Waals surface area contributed by atoms with Crippen molar-refractivity contribution in [2.45, 2.75) is 11.1 Å². The molecular weight excluding hydrogens is 333 g/mol. The predicted molar refractivity (Wildman–Crippen MR) is 79.4 cm³/mol. The van der Waals surface area contributed by atoms with Gasteiger partial charge in [0, 0.05) is 11.4 Å². The second kappa shape index (κ2) is 7.69. The number of benzene rings is 1. The number of ether oxygens (including phenoxy) is 1. The average Bonchev–Trinajstić information content (AvgIpc) is 2.49. The number of carbonyl (C=O) groups excluding carboxylic acids is 2. The van der Waals surface area contributed by atoms with Crippen LogP contribution in [0.4, 0.5) is 18.9 Å². The van der Waals surface area contributed by atoms with Crippen molar-refractivity contribution in [3.8, 4) is 0 Å². The molecule has 0 atom stereocenters. The normalized spacial score (nSPS) is 14.6. The van der Waals surface area contributed by atoms with Crippen LogP contribution in [0.3, 0.4) is 0 Å². The molecule has 1 N–H and O–H groups in total. The first-order chi connectivity index (χ1) is 10.9. The second-order valence-corrected chi connectivity index (χ2v) is 5.77. The van der Waals surface area contributed by atoms with E-state index in [0.29, 0.717) is 5.69 Å². The first-order valence-corrected chi connectivity index (χ1v) is 7.79. The molecule has 1 aliphatic rings. The first kappa shape index (κ1) is 17.6. The van der Waals surface area contributed by atoms with Crippen LogP contribution < -0.4 is 10.2 Å². The Labute approximate surface area is 135 Å². The average molecular weight is 348 g/mol. The van der Waals surface area contributed by atoms with E-state index in [0.717, 1.165) is 4.90 Å². The van der Waals surface area contributed by atoms with E-state index in [9.17, 15) is 22.8 Å². The number of nitrogens with zero attached hydrogens (tertiary/aromatic N) is 1. The lowest BCUT2D eigenvalue weighted by Crippen LogP contribution is -2.44. The molecule has 0 saturated carbocycles. The highest BCUT2D eigenvalue weighted by molar-refractivity contribution is 8.00. The largest absolute Gasteiger partial charge is 0.411 e. The minimum Gasteiger partial charge on any atom is -0.370 e. The fourth-order valence-corrected chi connectivity index (χ4v) is 2.91. The Balaban J connectivity index is 1.80. The lowest BCUT2D eigenvalue weighted by atomic mass is 10.2. The zero-order chi connectivity index (χ0) is 16.9. The van der Waals surface area contributed by atoms with Crippen molar-refractivity contribution in [2.24, 2.45) is 0 Å². The molecule has 0 unspecified atom stereocenters. The summed E-state index contributed by atoms with van der Waals surface area (Å²) < 4.78 is 40.0. The van der Waals surface area contributed by atoms with Crippen molar-refractivity contribution < 1.29 is 27.5 Å². The van der Waals surface area contributed by atoms with Gasteiger partial charge in [0.05, 0.1) is 18.0 Å². The van der Waals surface area contributed by atoms with Crippen LogP contribution in [0.2, 0.25) is 0 Å². The molecule has 2 rings (SSSR count). The molecule has 1 heterocycles. The standard InChI is InChI=1S/C14H15F3N2O3S/c15-14(16,17)9-22-6-5-18-12(20)7-19-10-3-1-2-4-11(10)23-8-13(19)21/h1-4H,5-9H2,(H,18,20). The molecule has 2 amide bonds. The van der Waals surface area contributed by atoms with Gasteiger partial charge in [-0.3, -0.25) is 9.59 Å². The van der Waals surface area contributed by atoms with Crippen molar-refractivity contribution in [3.63, 3.8) is 0 Å². The van der Waals surface area contributed by atoms with Crippen LogP contribution in [0, 0.1) is 0 Å². The van der Waals surface area contributed by atoms with Gasteiger partial charge in [-0.25, -0.2) is 0 Å². The van der Waals surface area contributed by atoms with Gasteiger partial charge < -0.3 is 15.0 Å². The molecule has 0 aromatic heterocycles. The van der Waals surface area contributed by atoms with E-state index in [2.05, 4.69) is 10.1 Å². The van der Waals surface area contributed by atoms with Crippen LogP contribution in [0.5, 0.6) is 0 Å². The number of anilines is 1. The summed E-state index contributed by atoms with van der Waals surface area (Å²) in [5, 5.41) is 2.44. The van der Waals surface area contributed by atoms with Crippen LogP contribution in [-0.4, -0.2) is 50.0 Å². The lowest BCUT2D eigenvalue weighted by Gasteiger charge is -2.28. The fraction of sp³-hybridized carbons (Fsp3) is 0.429. The van der Waals surface area contributed by atoms with E-state index >= 15 is 0 Å². The summed E-state index contributed by atoms with van der Waals surface area (Å²) in [5.74, 6) is -0.383. The van der Waals surface area contributed by atoms with Crippen molar-refractivity contribution in [1.82, 2.24) is 5.32 Å². The summed E-state index contributed by atoms with van der Waals surface area (Å²) in [6, 6.07) is 7.23. The third-order valence-electron chi connectivity index (χ3n) is 2.94. The maximum atomic E-state index is 12.0. The highest BCUT2D eigenvalue weighted by Crippen LogP contribution is 2.34. The monoisotopic (exact) mass is 348 g/mol. The quantitative estimate of drug-likeness (QED) is 0.797. The zero-order valence-corrected chi connectivity index (χ0v) is 12.9. The van der Waals surface area contributed by atoms with Crippen LogP contribution in [0.25, 0.3) is 0 Å². The van der Waals surface area contributed by atoms with Gasteiger partial charge in [0.2, 0.25) is 11.8 Å². The number of hydrogen-bond donors (Lipinski definition) is 1. The van der Waals surface area contributed by atoms with Crippen molar-refractivity contribution in [3.05, 3.63) is 24.3 Å². The zero-order valence-electron chi connectivity index (χ0n) is 12.1. The molecule has 0 aliphatic carbocycles. The number of nitrogens with one attached hydrogen (secondary N) is 1. The molecule has 0 radical (unpaired) electrons. The highest BCUT2D eigenvalue weighted by Gasteiger charge is 2.28. The number of alkyl halides is 3. The molecule has 9 heteroatoms. The van der Waals surface area contributed by atoms with Gasteiger partial charge in [0.1, 0.15) is 13.2 Å². The molecule has 126 valence electrons. The molecule has 1 aliphatic heterocycles. The Morgan fingerprint density at radius 3 is 2.83 bits per heavy atom. The maximum Gasteiger partial charge on any atom is 0.411 e. The minimum atomic E-state index is -4.38. The highest BCUT2D eigenvalue weighted by atomic mass is 32.2. The Kier molecular flexibility index (Phi) is 5.89. The van der Waals surface area contributed by atoms with Gasteiger partial charge in [-0.2, -0.15) is 13.2 Å². The SMILES string of the molecule is O=C(CN1C(=O)CSc2ccccc21)NCCOCC(F)(F)F. The van der Waals surface area contributed by atoms with Gasteiger partial charge in [-0.05, 0) is 12.1 Å². The van der Waals surface area contributed by atoms with Gasteiger partial charge in [0.25, 0.3) is 0 Å². The van der Waals surface area contributed by atoms with Crippen LogP contribution in [0.15, 0.2) is 29.2 Å². The molecule has 0 fully saturated rings. The van der Waals surface area contributed by atoms with Crippen molar-refractivity contribution in [2.75, 3.05) is 37.0 Å². The maximum absolute atomic E-state index is 12.0. The van der Waals surface area contributed by atoms with E-state index in [1.165, 1.54) is 16.7 Å². The Hall–Kier alpha value is -1.74. The Morgan fingerprint density at radius 2 is 2.09 bits per heavy atom. The summed E-state index contributed by atoms with van der Waals surface area (Å²) in [4.78, 5) is 26.1. The number of halogens is 3. The summed E-state index contributed by atoms with van der Waals surface area (Å²) >= 11 is 1.40. The van der Waals surface area contributed by atoms with E-state index in [1.807, 2.05) is 12.1 Å². The number of hydrogen-bond acceptors (Lipinski definition) is 4. The first-order valence-electron chi connectivity index (χ1n) is 6.80. The van der Waals surface area contributed by atoms with Crippen LogP contribution in [0.1, 0.15) is 0 Å². The Bertz CT molecular complexity index is 581. The smallest absolute Gasteiger partial charge is 0.370 e. The number of fused-ring (bicyclic) bond motifs is 1. The van der Waals surface area contributed by atoms with E-state index in [1.54, 1.807) is 12.1 Å². The molecule has 1 aromatic carbocycles. The predicted octanol–water partition coefficient (Wildman–Crippen LogP) is 1.82. The molecule has 0 bridgehead atoms. The van der Waals surface area contributed by atoms with Gasteiger partial charge >= 0.3 is 6.18 Å². The summed E-state index contributed by atoms with van der Waals surface area (Å²) in [7, 11) is 0. The summed E-state index contributed by atoms with van der Waals surface area (Å²) in [6.45, 7) is -1.81. The fourth-order valence-electron chi connectivity index (χ4n) is 1.98. The topological polar surface area (TPSA) is 58.6 Å². The number of amides is 2. The second-order valence-electron chi connectivity index (χ2n) is 4.75. The minimum absolute atomic E-state index is 0.0483. The lowest BCUT2D eigenvalue weighted by molar-refractivity contribution is -0.173. The summed E-state index contributed by atoms with van der Waals surface area (Å²) in [5.41, 5.74) is 0.664. The van der Waals surface area contributed by atoms with Gasteiger partial charge in [0.15, 0.2) is 0 Å². The molecule has 23 heavy (non-hydrogen) atoms. The van der Waals surface area contributed by atoms with E-state index in [-0.39, 0.29) is 31.4 Å². The van der Waals surface area contributed by atoms with Gasteiger partial charge in [-0.15, -0.1) is 11.8 Å². The third kappa shape index (κ3) is 5.43. The molecule has 5 nitrogen and oxygen atoms in total. The van der Waals surface area contributed by atoms with Crippen molar-refractivity contribution in [1.29, 1.82) is 0 Å². The van der Waals surface area contributed by atoms with E-state index in [4.69, 9.17) is 0 Å². The Morgan fingerprint density at radius 1 is 1.35 bits per heavy atom. The number of carbonyl (C=O) groups is 2. The third-order valence-corrected chi connectivity index (χ3v) is 3.99. The van der Waals surface area contributed by atoms with E-state index < -0.39 is 18.7 Å². The molecule has 0 spiro atoms. The number of para-hydroxylation sites is 1. The number of rotatable bonds is 6. The van der Waals surface area contributed by atoms with Crippen molar-refractivity contribution >= 4 is 29.3 Å². The van der Waals surface area contributed by atoms with Crippen LogP contribution in [-0.2, 0) is 14.3 Å².